The lowest BCUT2D eigenvalue weighted by atomic mass is 10.1. The monoisotopic (exact) mass is 302 g/mol. The third-order valence-corrected chi connectivity index (χ3v) is 4.12. The molecule has 3 rings (SSSR count). The first-order valence-electron chi connectivity index (χ1n) is 6.26. The maximum Gasteiger partial charge on any atom is 0.336 e. The predicted molar refractivity (Wildman–Crippen MR) is 79.5 cm³/mol. The van der Waals surface area contributed by atoms with E-state index in [0.29, 0.717) is 5.39 Å². The minimum Gasteiger partial charge on any atom is -0.486 e. The van der Waals surface area contributed by atoms with Gasteiger partial charge in [0.2, 0.25) is 0 Å². The Morgan fingerprint density at radius 2 is 2.00 bits per heavy atom. The zero-order valence-electron chi connectivity index (χ0n) is 10.9. The number of thiophene rings is 1. The first-order chi connectivity index (χ1) is 10.2. The van der Waals surface area contributed by atoms with Gasteiger partial charge in [-0.25, -0.2) is 9.18 Å². The van der Waals surface area contributed by atoms with Crippen molar-refractivity contribution < 1.29 is 19.0 Å². The van der Waals surface area contributed by atoms with Crippen LogP contribution in [-0.2, 0) is 6.61 Å². The van der Waals surface area contributed by atoms with Gasteiger partial charge in [-0.15, -0.1) is 11.3 Å². The molecule has 0 saturated heterocycles. The van der Waals surface area contributed by atoms with Gasteiger partial charge in [-0.05, 0) is 29.6 Å². The number of carbonyl (C=O) groups is 1. The Bertz CT molecular complexity index is 810. The van der Waals surface area contributed by atoms with Crippen LogP contribution < -0.4 is 4.74 Å². The van der Waals surface area contributed by atoms with Crippen LogP contribution in [0.25, 0.3) is 10.1 Å². The highest BCUT2D eigenvalue weighted by molar-refractivity contribution is 7.17. The second-order valence-electron chi connectivity index (χ2n) is 4.46. The minimum absolute atomic E-state index is 0.130. The molecule has 3 aromatic rings. The summed E-state index contributed by atoms with van der Waals surface area (Å²) in [4.78, 5) is 11.3. The van der Waals surface area contributed by atoms with E-state index in [1.165, 1.54) is 17.4 Å². The summed E-state index contributed by atoms with van der Waals surface area (Å²) in [5.74, 6) is -1.26. The van der Waals surface area contributed by atoms with E-state index in [9.17, 15) is 14.3 Å². The van der Waals surface area contributed by atoms with E-state index < -0.39 is 11.8 Å². The van der Waals surface area contributed by atoms with Gasteiger partial charge in [0.1, 0.15) is 6.61 Å². The molecule has 0 aliphatic heterocycles. The molecule has 3 nitrogen and oxygen atoms in total. The fraction of sp³-hybridized carbons (Fsp3) is 0.0625. The Balaban J connectivity index is 1.95. The molecule has 0 unspecified atom stereocenters. The van der Waals surface area contributed by atoms with E-state index in [1.807, 2.05) is 11.4 Å². The van der Waals surface area contributed by atoms with Gasteiger partial charge in [-0.1, -0.05) is 18.2 Å². The van der Waals surface area contributed by atoms with Crippen molar-refractivity contribution in [3.63, 3.8) is 0 Å². The molecular weight excluding hydrogens is 291 g/mol. The van der Waals surface area contributed by atoms with Crippen LogP contribution in [-0.4, -0.2) is 11.1 Å². The number of ether oxygens (including phenoxy) is 1. The molecule has 0 spiro atoms. The van der Waals surface area contributed by atoms with Crippen LogP contribution in [0.1, 0.15) is 15.9 Å². The second kappa shape index (κ2) is 5.54. The summed E-state index contributed by atoms with van der Waals surface area (Å²) >= 11 is 1.45. The van der Waals surface area contributed by atoms with Gasteiger partial charge in [0, 0.05) is 15.6 Å². The number of benzene rings is 2. The summed E-state index contributed by atoms with van der Waals surface area (Å²) in [5, 5.41) is 11.8. The van der Waals surface area contributed by atoms with E-state index >= 15 is 0 Å². The Kier molecular flexibility index (Phi) is 3.58. The fourth-order valence-electron chi connectivity index (χ4n) is 2.16. The molecule has 2 aromatic carbocycles. The van der Waals surface area contributed by atoms with Gasteiger partial charge in [0.25, 0.3) is 0 Å². The molecular formula is C16H11FO3S. The lowest BCUT2D eigenvalue weighted by Gasteiger charge is -2.07. The molecule has 5 heteroatoms. The van der Waals surface area contributed by atoms with Crippen LogP contribution in [0.2, 0.25) is 0 Å². The van der Waals surface area contributed by atoms with Crippen molar-refractivity contribution in [2.24, 2.45) is 0 Å². The van der Waals surface area contributed by atoms with Crippen LogP contribution in [0.3, 0.4) is 0 Å². The quantitative estimate of drug-likeness (QED) is 0.781. The number of para-hydroxylation sites is 1. The molecule has 0 amide bonds. The van der Waals surface area contributed by atoms with Gasteiger partial charge in [0.05, 0.1) is 5.56 Å². The first-order valence-corrected chi connectivity index (χ1v) is 7.14. The molecule has 1 heterocycles. The van der Waals surface area contributed by atoms with Crippen molar-refractivity contribution in [1.82, 2.24) is 0 Å². The molecule has 0 radical (unpaired) electrons. The first kappa shape index (κ1) is 13.6. The van der Waals surface area contributed by atoms with E-state index in [-0.39, 0.29) is 17.9 Å². The highest BCUT2D eigenvalue weighted by Crippen LogP contribution is 2.30. The molecule has 0 aliphatic rings. The fourth-order valence-corrected chi connectivity index (χ4v) is 3.13. The van der Waals surface area contributed by atoms with Gasteiger partial charge < -0.3 is 9.84 Å². The van der Waals surface area contributed by atoms with E-state index in [2.05, 4.69) is 0 Å². The number of fused-ring (bicyclic) bond motifs is 1. The molecule has 1 N–H and O–H groups in total. The molecule has 0 atom stereocenters. The summed E-state index contributed by atoms with van der Waals surface area (Å²) in [5.41, 5.74) is 0.983. The van der Waals surface area contributed by atoms with Crippen LogP contribution >= 0.6 is 11.3 Å². The van der Waals surface area contributed by atoms with Crippen molar-refractivity contribution in [3.8, 4) is 5.75 Å². The lowest BCUT2D eigenvalue weighted by molar-refractivity contribution is 0.0699. The average Bonchev–Trinajstić information content (AvgIpc) is 2.89. The Morgan fingerprint density at radius 3 is 2.76 bits per heavy atom. The summed E-state index contributed by atoms with van der Waals surface area (Å²) in [6.07, 6.45) is 0. The largest absolute Gasteiger partial charge is 0.486 e. The zero-order chi connectivity index (χ0) is 14.8. The summed E-state index contributed by atoms with van der Waals surface area (Å²) in [6.45, 7) is 0.130. The third-order valence-electron chi connectivity index (χ3n) is 3.13. The van der Waals surface area contributed by atoms with Crippen LogP contribution in [0, 0.1) is 5.82 Å². The number of hydrogen-bond donors (Lipinski definition) is 1. The van der Waals surface area contributed by atoms with E-state index in [0.717, 1.165) is 10.3 Å². The number of hydrogen-bond acceptors (Lipinski definition) is 3. The van der Waals surface area contributed by atoms with Crippen LogP contribution in [0.4, 0.5) is 4.39 Å². The third kappa shape index (κ3) is 2.60. The van der Waals surface area contributed by atoms with Crippen molar-refractivity contribution in [1.29, 1.82) is 0 Å². The average molecular weight is 302 g/mol. The molecule has 0 saturated carbocycles. The minimum atomic E-state index is -0.980. The van der Waals surface area contributed by atoms with Crippen molar-refractivity contribution in [2.45, 2.75) is 6.61 Å². The molecule has 0 bridgehead atoms. The molecule has 0 fully saturated rings. The number of rotatable bonds is 4. The van der Waals surface area contributed by atoms with Gasteiger partial charge in [-0.2, -0.15) is 0 Å². The van der Waals surface area contributed by atoms with Gasteiger partial charge in [-0.3, -0.25) is 0 Å². The number of aromatic carboxylic acids is 1. The van der Waals surface area contributed by atoms with Crippen molar-refractivity contribution in [2.75, 3.05) is 0 Å². The van der Waals surface area contributed by atoms with Gasteiger partial charge in [0.15, 0.2) is 11.6 Å². The summed E-state index contributed by atoms with van der Waals surface area (Å²) in [6, 6.07) is 11.3. The molecule has 21 heavy (non-hydrogen) atoms. The zero-order valence-corrected chi connectivity index (χ0v) is 11.7. The van der Waals surface area contributed by atoms with Gasteiger partial charge >= 0.3 is 5.97 Å². The topological polar surface area (TPSA) is 46.5 Å². The Labute approximate surface area is 124 Å². The molecule has 106 valence electrons. The molecule has 1 aromatic heterocycles. The molecule has 0 aliphatic carbocycles. The Hall–Kier alpha value is -2.40. The second-order valence-corrected chi connectivity index (χ2v) is 5.38. The summed E-state index contributed by atoms with van der Waals surface area (Å²) in [7, 11) is 0. The smallest absolute Gasteiger partial charge is 0.336 e. The predicted octanol–water partition coefficient (Wildman–Crippen LogP) is 4.32. The summed E-state index contributed by atoms with van der Waals surface area (Å²) < 4.78 is 19.9. The normalized spacial score (nSPS) is 10.7. The maximum absolute atomic E-state index is 13.5. The number of halogens is 1. The SMILES string of the molecule is O=C(O)c1cccc2scc(COc3ccccc3F)c12. The van der Waals surface area contributed by atoms with E-state index in [1.54, 1.807) is 30.3 Å². The highest BCUT2D eigenvalue weighted by Gasteiger charge is 2.14. The van der Waals surface area contributed by atoms with Crippen LogP contribution in [0.5, 0.6) is 5.75 Å². The Morgan fingerprint density at radius 1 is 1.19 bits per heavy atom. The number of carboxylic acids is 1. The maximum atomic E-state index is 13.5. The lowest BCUT2D eigenvalue weighted by Crippen LogP contribution is -2.01. The van der Waals surface area contributed by atoms with E-state index in [4.69, 9.17) is 4.74 Å². The number of carboxylic acid groups (broad SMARTS) is 1. The van der Waals surface area contributed by atoms with Crippen molar-refractivity contribution in [3.05, 3.63) is 64.8 Å². The highest BCUT2D eigenvalue weighted by atomic mass is 32.1. The standard InChI is InChI=1S/C16H11FO3S/c17-12-5-1-2-6-13(12)20-8-10-9-21-14-7-3-4-11(15(10)14)16(18)19/h1-7,9H,8H2,(H,18,19). The van der Waals surface area contributed by atoms with Crippen molar-refractivity contribution >= 4 is 27.4 Å². The van der Waals surface area contributed by atoms with Crippen LogP contribution in [0.15, 0.2) is 47.8 Å².